The molecule has 1 aromatic rings. The molecule has 0 heterocycles. The third kappa shape index (κ3) is 4.71. The molecular weight excluding hydrogens is 333 g/mol. The van der Waals surface area contributed by atoms with Gasteiger partial charge in [0.2, 0.25) is 0 Å². The molecule has 0 spiro atoms. The van der Waals surface area contributed by atoms with Gasteiger partial charge in [0.1, 0.15) is 5.82 Å². The predicted octanol–water partition coefficient (Wildman–Crippen LogP) is 4.33. The van der Waals surface area contributed by atoms with E-state index < -0.39 is 45.7 Å². The van der Waals surface area contributed by atoms with Gasteiger partial charge in [-0.1, -0.05) is 32.4 Å². The Hall–Kier alpha value is -0.560. The molecule has 0 fully saturated rings. The minimum absolute atomic E-state index is 0. The lowest BCUT2D eigenvalue weighted by atomic mass is 9.82. The van der Waals surface area contributed by atoms with E-state index in [4.69, 9.17) is 17.3 Å². The van der Waals surface area contributed by atoms with Crippen LogP contribution in [-0.2, 0) is 6.18 Å². The average molecular weight is 350 g/mol. The Bertz CT molecular complexity index is 500. The molecule has 3 N–H and O–H groups in total. The summed E-state index contributed by atoms with van der Waals surface area (Å²) in [6.45, 7) is 4.93. The number of aliphatic hydroxyl groups is 1. The van der Waals surface area contributed by atoms with Crippen LogP contribution in [0.15, 0.2) is 12.1 Å². The first-order valence-electron chi connectivity index (χ1n) is 5.85. The second kappa shape index (κ2) is 6.69. The highest BCUT2D eigenvalue weighted by Crippen LogP contribution is 2.37. The molecule has 122 valence electrons. The summed E-state index contributed by atoms with van der Waals surface area (Å²) in [4.78, 5) is 0. The van der Waals surface area contributed by atoms with Gasteiger partial charge in [0.25, 0.3) is 0 Å². The van der Waals surface area contributed by atoms with Crippen LogP contribution in [0.25, 0.3) is 0 Å². The Balaban J connectivity index is 0.00000400. The van der Waals surface area contributed by atoms with Gasteiger partial charge >= 0.3 is 6.18 Å². The van der Waals surface area contributed by atoms with E-state index in [0.717, 1.165) is 0 Å². The molecule has 0 radical (unpaired) electrons. The number of rotatable bonds is 2. The van der Waals surface area contributed by atoms with Crippen LogP contribution in [0.5, 0.6) is 0 Å². The van der Waals surface area contributed by atoms with Gasteiger partial charge in [-0.15, -0.1) is 12.4 Å². The first-order valence-corrected chi connectivity index (χ1v) is 6.23. The molecular formula is C13H17Cl2F4NO. The molecule has 2 nitrogen and oxygen atoms in total. The number of benzene rings is 1. The van der Waals surface area contributed by atoms with E-state index in [1.165, 1.54) is 0 Å². The fraction of sp³-hybridized carbons (Fsp3) is 0.538. The topological polar surface area (TPSA) is 46.2 Å². The quantitative estimate of drug-likeness (QED) is 0.780. The summed E-state index contributed by atoms with van der Waals surface area (Å²) >= 11 is 5.48. The van der Waals surface area contributed by atoms with Gasteiger partial charge in [-0.3, -0.25) is 0 Å². The molecule has 0 aromatic heterocycles. The number of alkyl halides is 3. The molecule has 0 aliphatic heterocycles. The molecule has 0 amide bonds. The highest BCUT2D eigenvalue weighted by atomic mass is 35.5. The van der Waals surface area contributed by atoms with Crippen LogP contribution >= 0.6 is 24.0 Å². The second-order valence-corrected chi connectivity index (χ2v) is 6.10. The summed E-state index contributed by atoms with van der Waals surface area (Å²) in [5, 5.41) is 9.33. The summed E-state index contributed by atoms with van der Waals surface area (Å²) in [5.41, 5.74) is 3.42. The molecule has 21 heavy (non-hydrogen) atoms. The van der Waals surface area contributed by atoms with Crippen LogP contribution in [0.3, 0.4) is 0 Å². The fourth-order valence-corrected chi connectivity index (χ4v) is 1.95. The number of hydrogen-bond donors (Lipinski definition) is 2. The minimum atomic E-state index is -4.67. The summed E-state index contributed by atoms with van der Waals surface area (Å²) in [6.07, 6.45) is -5.89. The first-order chi connectivity index (χ1) is 8.85. The van der Waals surface area contributed by atoms with Gasteiger partial charge in [0.05, 0.1) is 22.7 Å². The van der Waals surface area contributed by atoms with Crippen LogP contribution in [0, 0.1) is 11.2 Å². The zero-order chi connectivity index (χ0) is 15.9. The lowest BCUT2D eigenvalue weighted by Gasteiger charge is -2.31. The van der Waals surface area contributed by atoms with Crippen LogP contribution < -0.4 is 5.73 Å². The molecule has 0 unspecified atom stereocenters. The Morgan fingerprint density at radius 1 is 1.19 bits per heavy atom. The van der Waals surface area contributed by atoms with E-state index in [-0.39, 0.29) is 12.4 Å². The standard InChI is InChI=1S/C13H16ClF4NO.ClH/c1-12(2,3)11(20)10(19)7-4-6(13(16,17)18)5-8(14)9(7)15;/h4-5,10-11,20H,19H2,1-3H3;1H/t10-,11-;/m0./s1. The van der Waals surface area contributed by atoms with Crippen molar-refractivity contribution in [2.24, 2.45) is 11.1 Å². The summed E-state index contributed by atoms with van der Waals surface area (Å²) < 4.78 is 52.0. The molecule has 2 atom stereocenters. The highest BCUT2D eigenvalue weighted by molar-refractivity contribution is 6.30. The Morgan fingerprint density at radius 2 is 1.67 bits per heavy atom. The number of aliphatic hydroxyl groups excluding tert-OH is 1. The minimum Gasteiger partial charge on any atom is -0.391 e. The Kier molecular flexibility index (Phi) is 6.51. The monoisotopic (exact) mass is 349 g/mol. The summed E-state index contributed by atoms with van der Waals surface area (Å²) in [5.74, 6) is -1.05. The predicted molar refractivity (Wildman–Crippen MR) is 76.1 cm³/mol. The van der Waals surface area contributed by atoms with E-state index in [1.807, 2.05) is 0 Å². The molecule has 0 aliphatic rings. The highest BCUT2D eigenvalue weighted by Gasteiger charge is 2.36. The summed E-state index contributed by atoms with van der Waals surface area (Å²) in [6, 6.07) is -0.230. The van der Waals surface area contributed by atoms with E-state index in [2.05, 4.69) is 0 Å². The Morgan fingerprint density at radius 3 is 2.05 bits per heavy atom. The van der Waals surface area contributed by atoms with Crippen LogP contribution in [0.2, 0.25) is 5.02 Å². The van der Waals surface area contributed by atoms with Crippen molar-refractivity contribution >= 4 is 24.0 Å². The van der Waals surface area contributed by atoms with Crippen molar-refractivity contribution in [1.82, 2.24) is 0 Å². The average Bonchev–Trinajstić information content (AvgIpc) is 2.28. The molecule has 0 bridgehead atoms. The van der Waals surface area contributed by atoms with E-state index in [1.54, 1.807) is 20.8 Å². The van der Waals surface area contributed by atoms with Gasteiger partial charge in [-0.05, 0) is 17.5 Å². The first kappa shape index (κ1) is 20.4. The smallest absolute Gasteiger partial charge is 0.391 e. The number of halogens is 6. The number of hydrogen-bond acceptors (Lipinski definition) is 2. The lowest BCUT2D eigenvalue weighted by molar-refractivity contribution is -0.137. The molecule has 1 aromatic carbocycles. The Labute approximate surface area is 131 Å². The lowest BCUT2D eigenvalue weighted by Crippen LogP contribution is -2.37. The van der Waals surface area contributed by atoms with Crippen molar-refractivity contribution in [2.45, 2.75) is 39.1 Å². The van der Waals surface area contributed by atoms with E-state index in [9.17, 15) is 22.7 Å². The van der Waals surface area contributed by atoms with Gasteiger partial charge in [0, 0.05) is 5.56 Å². The maximum atomic E-state index is 13.9. The number of nitrogens with two attached hydrogens (primary N) is 1. The van der Waals surface area contributed by atoms with Crippen LogP contribution in [0.1, 0.15) is 37.9 Å². The van der Waals surface area contributed by atoms with Crippen LogP contribution in [0.4, 0.5) is 17.6 Å². The van der Waals surface area contributed by atoms with Crippen molar-refractivity contribution in [3.05, 3.63) is 34.1 Å². The molecule has 8 heteroatoms. The zero-order valence-corrected chi connectivity index (χ0v) is 13.2. The van der Waals surface area contributed by atoms with E-state index in [0.29, 0.717) is 12.1 Å². The van der Waals surface area contributed by atoms with Crippen molar-refractivity contribution < 1.29 is 22.7 Å². The van der Waals surface area contributed by atoms with E-state index >= 15 is 0 Å². The normalized spacial score (nSPS) is 15.3. The third-order valence-electron chi connectivity index (χ3n) is 2.97. The van der Waals surface area contributed by atoms with Crippen molar-refractivity contribution in [3.63, 3.8) is 0 Å². The molecule has 1 rings (SSSR count). The van der Waals surface area contributed by atoms with Gasteiger partial charge in [-0.25, -0.2) is 4.39 Å². The van der Waals surface area contributed by atoms with Crippen LogP contribution in [-0.4, -0.2) is 11.2 Å². The second-order valence-electron chi connectivity index (χ2n) is 5.70. The van der Waals surface area contributed by atoms with Crippen molar-refractivity contribution in [2.75, 3.05) is 0 Å². The maximum absolute atomic E-state index is 13.9. The molecule has 0 aliphatic carbocycles. The van der Waals surface area contributed by atoms with Gasteiger partial charge in [0.15, 0.2) is 0 Å². The van der Waals surface area contributed by atoms with Crippen molar-refractivity contribution in [3.8, 4) is 0 Å². The zero-order valence-electron chi connectivity index (χ0n) is 11.6. The van der Waals surface area contributed by atoms with Gasteiger partial charge < -0.3 is 10.8 Å². The summed E-state index contributed by atoms with van der Waals surface area (Å²) in [7, 11) is 0. The van der Waals surface area contributed by atoms with Gasteiger partial charge in [-0.2, -0.15) is 13.2 Å². The SMILES string of the molecule is CC(C)(C)[C@@H](O)[C@@H](N)c1cc(C(F)(F)F)cc(Cl)c1F.Cl. The maximum Gasteiger partial charge on any atom is 0.416 e. The fourth-order valence-electron chi connectivity index (χ4n) is 1.73. The molecule has 0 saturated heterocycles. The van der Waals surface area contributed by atoms with Crippen molar-refractivity contribution in [1.29, 1.82) is 0 Å². The molecule has 0 saturated carbocycles. The largest absolute Gasteiger partial charge is 0.416 e. The third-order valence-corrected chi connectivity index (χ3v) is 3.25.